The number of oxazole rings is 2. The first-order chi connectivity index (χ1) is 24.6. The maximum absolute atomic E-state index is 5.09. The molecule has 300 valence electrons. The van der Waals surface area contributed by atoms with E-state index in [0.29, 0.717) is 10.8 Å². The molecular weight excluding hydrogens is 673 g/mol. The van der Waals surface area contributed by atoms with Crippen molar-refractivity contribution in [3.63, 3.8) is 0 Å². The Morgan fingerprint density at radius 2 is 1.07 bits per heavy atom. The van der Waals surface area contributed by atoms with Gasteiger partial charge in [0.05, 0.1) is 30.9 Å². The van der Waals surface area contributed by atoms with E-state index in [-0.39, 0.29) is 21.7 Å². The minimum Gasteiger partial charge on any atom is -0.448 e. The van der Waals surface area contributed by atoms with Gasteiger partial charge in [0.15, 0.2) is 12.3 Å². The summed E-state index contributed by atoms with van der Waals surface area (Å²) in [6, 6.07) is 0. The van der Waals surface area contributed by atoms with E-state index in [1.165, 1.54) is 28.8 Å². The summed E-state index contributed by atoms with van der Waals surface area (Å²) in [5, 5.41) is 15.4. The molecule has 0 bridgehead atoms. The molecule has 0 fully saturated rings. The fourth-order valence-electron chi connectivity index (χ4n) is 4.31. The van der Waals surface area contributed by atoms with Gasteiger partial charge in [-0.15, -0.1) is 0 Å². The Balaban J connectivity index is 0.000000324. The standard InChI is InChI=1S/2C8H13N.2C7H12N2.2C7H11NO/c2*1-8(2,3)7-4-5-9-6-7;1-7(2,3)6-4-8-9-5-6;1-7(2,3)6-4-5-8-9-6;1-7(2,3)6-4-8-5-9-6;1-7(2,3)6-8-4-5-9-6/h2*5-6H,4H2,1-3H3;4H,5H2,1-3H3;5H,4H2,1-3H3;2*4-5H,1-3H3. The average molecular weight is 745 g/mol. The molecule has 0 N–H and O–H groups in total. The zero-order chi connectivity index (χ0) is 41.4. The molecule has 0 aromatic carbocycles. The second-order valence-corrected chi connectivity index (χ2v) is 19.7. The second-order valence-electron chi connectivity index (χ2n) is 19.7. The fraction of sp³-hybridized carbons (Fsp3) is 0.636. The van der Waals surface area contributed by atoms with Crippen LogP contribution in [0.15, 0.2) is 99.6 Å². The van der Waals surface area contributed by atoms with Gasteiger partial charge in [-0.05, 0) is 33.0 Å². The monoisotopic (exact) mass is 745 g/mol. The van der Waals surface area contributed by atoms with Gasteiger partial charge in [0.25, 0.3) is 0 Å². The number of azo groups is 1. The highest BCUT2D eigenvalue weighted by Gasteiger charge is 2.21. The molecule has 0 amide bonds. The van der Waals surface area contributed by atoms with E-state index in [9.17, 15) is 0 Å². The summed E-state index contributed by atoms with van der Waals surface area (Å²) in [4.78, 5) is 15.9. The van der Waals surface area contributed by atoms with Crippen molar-refractivity contribution in [3.8, 4) is 0 Å². The molecular formula is C44H72N8O2. The maximum Gasteiger partial charge on any atom is 0.199 e. The lowest BCUT2D eigenvalue weighted by atomic mass is 9.86. The van der Waals surface area contributed by atoms with Gasteiger partial charge in [-0.25, -0.2) is 9.97 Å². The minimum atomic E-state index is 0.0451. The van der Waals surface area contributed by atoms with E-state index in [0.717, 1.165) is 37.5 Å². The highest BCUT2D eigenvalue weighted by Crippen LogP contribution is 2.30. The van der Waals surface area contributed by atoms with Crippen molar-refractivity contribution in [3.05, 3.63) is 72.0 Å². The summed E-state index contributed by atoms with van der Waals surface area (Å²) in [6.07, 6.45) is 21.1. The van der Waals surface area contributed by atoms with E-state index in [1.807, 2.05) is 37.2 Å². The quantitative estimate of drug-likeness (QED) is 0.266. The van der Waals surface area contributed by atoms with Crippen LogP contribution >= 0.6 is 0 Å². The highest BCUT2D eigenvalue weighted by atomic mass is 16.3. The van der Waals surface area contributed by atoms with Gasteiger partial charge in [-0.1, -0.05) is 125 Å². The van der Waals surface area contributed by atoms with Crippen molar-refractivity contribution in [2.75, 3.05) is 6.54 Å². The van der Waals surface area contributed by atoms with Gasteiger partial charge in [-0.2, -0.15) is 20.4 Å². The van der Waals surface area contributed by atoms with Crippen molar-refractivity contribution >= 4 is 24.4 Å². The first-order valence-electron chi connectivity index (χ1n) is 19.0. The normalized spacial score (nSPS) is 16.2. The summed E-state index contributed by atoms with van der Waals surface area (Å²) in [5.74, 6) is 1.73. The molecule has 6 rings (SSSR count). The van der Waals surface area contributed by atoms with E-state index in [2.05, 4.69) is 165 Å². The molecule has 10 nitrogen and oxygen atoms in total. The lowest BCUT2D eigenvalue weighted by molar-refractivity contribution is 0.392. The molecule has 0 saturated heterocycles. The summed E-state index contributed by atoms with van der Waals surface area (Å²) in [7, 11) is 0. The molecule has 0 saturated carbocycles. The molecule has 0 aliphatic carbocycles. The first kappa shape index (κ1) is 47.9. The van der Waals surface area contributed by atoms with E-state index >= 15 is 0 Å². The topological polar surface area (TPSA) is 126 Å². The Hall–Kier alpha value is -4.08. The van der Waals surface area contributed by atoms with Crippen molar-refractivity contribution in [1.82, 2.24) is 9.97 Å². The van der Waals surface area contributed by atoms with Crippen LogP contribution in [0.25, 0.3) is 0 Å². The van der Waals surface area contributed by atoms with Crippen molar-refractivity contribution in [2.24, 2.45) is 52.1 Å². The summed E-state index contributed by atoms with van der Waals surface area (Å²) < 4.78 is 10.2. The predicted molar refractivity (Wildman–Crippen MR) is 229 cm³/mol. The van der Waals surface area contributed by atoms with E-state index < -0.39 is 0 Å². The maximum atomic E-state index is 5.09. The third-order valence-electron chi connectivity index (χ3n) is 8.38. The Morgan fingerprint density at radius 3 is 1.26 bits per heavy atom. The Bertz CT molecular complexity index is 1420. The Labute approximate surface area is 327 Å². The van der Waals surface area contributed by atoms with Crippen LogP contribution in [-0.4, -0.2) is 40.9 Å². The largest absolute Gasteiger partial charge is 0.448 e. The predicted octanol–water partition coefficient (Wildman–Crippen LogP) is 13.0. The van der Waals surface area contributed by atoms with Gasteiger partial charge in [0.2, 0.25) is 0 Å². The molecule has 6 heterocycles. The number of aromatic nitrogens is 2. The summed E-state index contributed by atoms with van der Waals surface area (Å²) >= 11 is 0. The summed E-state index contributed by atoms with van der Waals surface area (Å²) in [5.41, 5.74) is 6.60. The SMILES string of the molecule is CC(C)(C)C1=CN=CC1.CC(C)(C)C1=CN=CC1.CC(C)(C)C1=CN=NC1.CC(C)(C)C1=NN=CC1.CC(C)(C)c1cnco1.CC(C)(C)c1ncco1. The Kier molecular flexibility index (Phi) is 18.3. The lowest BCUT2D eigenvalue weighted by Crippen LogP contribution is -2.18. The molecule has 2 aromatic rings. The lowest BCUT2D eigenvalue weighted by Gasteiger charge is -2.18. The molecule has 0 unspecified atom stereocenters. The van der Waals surface area contributed by atoms with Gasteiger partial charge in [-0.3, -0.25) is 9.98 Å². The first-order valence-corrected chi connectivity index (χ1v) is 19.0. The molecule has 4 aliphatic rings. The van der Waals surface area contributed by atoms with Gasteiger partial charge in [0, 0.05) is 66.6 Å². The highest BCUT2D eigenvalue weighted by molar-refractivity contribution is 6.01. The average Bonchev–Trinajstić information content (AvgIpc) is 3.89. The van der Waals surface area contributed by atoms with Gasteiger partial charge < -0.3 is 8.83 Å². The van der Waals surface area contributed by atoms with Crippen LogP contribution in [0.2, 0.25) is 0 Å². The van der Waals surface area contributed by atoms with E-state index in [1.54, 1.807) is 18.7 Å². The van der Waals surface area contributed by atoms with Crippen molar-refractivity contribution < 1.29 is 8.83 Å². The van der Waals surface area contributed by atoms with Crippen LogP contribution in [0.3, 0.4) is 0 Å². The number of allylic oxidation sites excluding steroid dienone is 2. The zero-order valence-corrected chi connectivity index (χ0v) is 37.0. The van der Waals surface area contributed by atoms with Crippen LogP contribution in [0.5, 0.6) is 0 Å². The Morgan fingerprint density at radius 1 is 0.537 bits per heavy atom. The molecule has 10 heteroatoms. The molecule has 0 atom stereocenters. The number of rotatable bonds is 0. The third-order valence-corrected chi connectivity index (χ3v) is 8.38. The fourth-order valence-corrected chi connectivity index (χ4v) is 4.31. The zero-order valence-electron chi connectivity index (χ0n) is 37.0. The molecule has 4 aliphatic heterocycles. The molecule has 0 spiro atoms. The smallest absolute Gasteiger partial charge is 0.199 e. The number of aliphatic imine (C=N–C) groups is 2. The number of hydrogen-bond donors (Lipinski definition) is 0. The van der Waals surface area contributed by atoms with E-state index in [4.69, 9.17) is 8.83 Å². The molecule has 2 aromatic heterocycles. The molecule has 54 heavy (non-hydrogen) atoms. The van der Waals surface area contributed by atoms with Crippen LogP contribution in [-0.2, 0) is 10.8 Å². The second kappa shape index (κ2) is 20.6. The van der Waals surface area contributed by atoms with Crippen LogP contribution in [0.1, 0.15) is 156 Å². The van der Waals surface area contributed by atoms with Gasteiger partial charge in [0.1, 0.15) is 12.0 Å². The van der Waals surface area contributed by atoms with Gasteiger partial charge >= 0.3 is 0 Å². The van der Waals surface area contributed by atoms with Crippen molar-refractivity contribution in [2.45, 2.75) is 155 Å². The van der Waals surface area contributed by atoms with Crippen LogP contribution in [0, 0.1) is 21.7 Å². The number of hydrogen-bond acceptors (Lipinski definition) is 10. The summed E-state index contributed by atoms with van der Waals surface area (Å²) in [6.45, 7) is 39.6. The third kappa shape index (κ3) is 19.3. The minimum absolute atomic E-state index is 0.0451. The van der Waals surface area contributed by atoms with Crippen molar-refractivity contribution in [1.29, 1.82) is 0 Å². The number of nitrogens with zero attached hydrogens (tertiary/aromatic N) is 8. The molecule has 0 radical (unpaired) electrons. The van der Waals surface area contributed by atoms with Crippen LogP contribution in [0.4, 0.5) is 0 Å². The van der Waals surface area contributed by atoms with Crippen LogP contribution < -0.4 is 0 Å².